The van der Waals surface area contributed by atoms with Crippen LogP contribution in [0.4, 0.5) is 0 Å². The fourth-order valence-electron chi connectivity index (χ4n) is 2.69. The second kappa shape index (κ2) is 6.74. The van der Waals surface area contributed by atoms with Crippen LogP contribution in [0.5, 0.6) is 5.75 Å². The molecule has 2 rings (SSSR count). The number of nitrogens with two attached hydrogens (primary N) is 1. The largest absolute Gasteiger partial charge is 0.496 e. The Kier molecular flexibility index (Phi) is 5.89. The maximum absolute atomic E-state index is 12.8. The van der Waals surface area contributed by atoms with Crippen molar-refractivity contribution in [3.8, 4) is 5.75 Å². The van der Waals surface area contributed by atoms with E-state index in [9.17, 15) is 8.42 Å². The second-order valence-corrected chi connectivity index (χ2v) is 8.29. The van der Waals surface area contributed by atoms with Gasteiger partial charge in [-0.15, -0.1) is 12.4 Å². The van der Waals surface area contributed by atoms with Crippen LogP contribution in [0, 0.1) is 12.3 Å². The molecule has 1 aromatic rings. The van der Waals surface area contributed by atoms with E-state index in [1.54, 1.807) is 25.3 Å². The first-order valence-corrected chi connectivity index (χ1v) is 8.53. The van der Waals surface area contributed by atoms with Gasteiger partial charge in [0.25, 0.3) is 0 Å². The molecule has 1 aromatic carbocycles. The number of nitrogens with zero attached hydrogens (tertiary/aromatic N) is 1. The first kappa shape index (κ1) is 19.2. The predicted octanol–water partition coefficient (Wildman–Crippen LogP) is 2.17. The average molecular weight is 349 g/mol. The first-order chi connectivity index (χ1) is 9.68. The Morgan fingerprint density at radius 2 is 2.00 bits per heavy atom. The van der Waals surface area contributed by atoms with Gasteiger partial charge < -0.3 is 10.5 Å². The van der Waals surface area contributed by atoms with Crippen LogP contribution in [0.2, 0.25) is 0 Å². The van der Waals surface area contributed by atoms with Gasteiger partial charge >= 0.3 is 0 Å². The van der Waals surface area contributed by atoms with E-state index < -0.39 is 10.0 Å². The van der Waals surface area contributed by atoms with Gasteiger partial charge in [-0.3, -0.25) is 0 Å². The molecule has 22 heavy (non-hydrogen) atoms. The zero-order chi connectivity index (χ0) is 15.8. The summed E-state index contributed by atoms with van der Waals surface area (Å²) in [5.74, 6) is 0.690. The molecule has 2 N–H and O–H groups in total. The lowest BCUT2D eigenvalue weighted by Crippen LogP contribution is -2.53. The number of sulfonamides is 1. The zero-order valence-electron chi connectivity index (χ0n) is 13.5. The maximum atomic E-state index is 12.8. The summed E-state index contributed by atoms with van der Waals surface area (Å²) in [6.07, 6.45) is 0.682. The van der Waals surface area contributed by atoms with Gasteiger partial charge in [0.05, 0.1) is 12.0 Å². The van der Waals surface area contributed by atoms with Crippen LogP contribution in [0.1, 0.15) is 25.8 Å². The molecule has 1 heterocycles. The number of halogens is 1. The maximum Gasteiger partial charge on any atom is 0.243 e. The Labute approximate surface area is 139 Å². The molecular weight excluding hydrogens is 324 g/mol. The molecule has 5 nitrogen and oxygen atoms in total. The average Bonchev–Trinajstić information content (AvgIpc) is 2.41. The highest BCUT2D eigenvalue weighted by atomic mass is 35.5. The molecule has 7 heteroatoms. The van der Waals surface area contributed by atoms with Gasteiger partial charge in [0.15, 0.2) is 0 Å². The van der Waals surface area contributed by atoms with E-state index in [4.69, 9.17) is 10.5 Å². The Morgan fingerprint density at radius 3 is 2.50 bits per heavy atom. The molecule has 0 amide bonds. The highest BCUT2D eigenvalue weighted by Crippen LogP contribution is 2.32. The van der Waals surface area contributed by atoms with E-state index in [1.807, 2.05) is 20.8 Å². The summed E-state index contributed by atoms with van der Waals surface area (Å²) >= 11 is 0. The summed E-state index contributed by atoms with van der Waals surface area (Å²) in [5, 5.41) is 0. The summed E-state index contributed by atoms with van der Waals surface area (Å²) in [4.78, 5) is 0.312. The van der Waals surface area contributed by atoms with Gasteiger partial charge in [-0.25, -0.2) is 8.42 Å². The van der Waals surface area contributed by atoms with Gasteiger partial charge in [-0.2, -0.15) is 4.31 Å². The summed E-state index contributed by atoms with van der Waals surface area (Å²) in [6, 6.07) is 4.99. The second-order valence-electron chi connectivity index (χ2n) is 6.35. The van der Waals surface area contributed by atoms with Crippen LogP contribution in [0.15, 0.2) is 23.1 Å². The van der Waals surface area contributed by atoms with Gasteiger partial charge in [0.1, 0.15) is 5.75 Å². The van der Waals surface area contributed by atoms with E-state index in [0.29, 0.717) is 30.2 Å². The highest BCUT2D eigenvalue weighted by molar-refractivity contribution is 7.89. The van der Waals surface area contributed by atoms with Gasteiger partial charge in [-0.05, 0) is 42.5 Å². The number of methoxy groups -OCH3 is 1. The van der Waals surface area contributed by atoms with Crippen LogP contribution < -0.4 is 10.5 Å². The number of benzene rings is 1. The third-order valence-corrected chi connectivity index (χ3v) is 6.12. The van der Waals surface area contributed by atoms with Crippen molar-refractivity contribution in [3.05, 3.63) is 23.8 Å². The van der Waals surface area contributed by atoms with E-state index in [1.165, 1.54) is 4.31 Å². The summed E-state index contributed by atoms with van der Waals surface area (Å²) in [6.45, 7) is 6.78. The lowest BCUT2D eigenvalue weighted by Gasteiger charge is -2.41. The minimum absolute atomic E-state index is 0. The molecule has 0 bridgehead atoms. The van der Waals surface area contributed by atoms with Crippen molar-refractivity contribution >= 4 is 22.4 Å². The standard InChI is InChI=1S/C15H24N2O3S.ClH/c1-11-9-12(5-6-13(11)20-4)21(18,19)17-8-7-14(16)15(2,3)10-17;/h5-6,9,14H,7-8,10,16H2,1-4H3;1H. The SMILES string of the molecule is COc1ccc(S(=O)(=O)N2CCC(N)C(C)(C)C2)cc1C.Cl. The predicted molar refractivity (Wildman–Crippen MR) is 90.1 cm³/mol. The summed E-state index contributed by atoms with van der Waals surface area (Å²) < 4.78 is 32.3. The normalized spacial score (nSPS) is 22.0. The van der Waals surface area contributed by atoms with E-state index in [0.717, 1.165) is 5.56 Å². The molecular formula is C15H25ClN2O3S. The van der Waals surface area contributed by atoms with Crippen molar-refractivity contribution in [2.24, 2.45) is 11.1 Å². The van der Waals surface area contributed by atoms with Crippen molar-refractivity contribution in [2.45, 2.75) is 38.1 Å². The van der Waals surface area contributed by atoms with Crippen LogP contribution in [-0.4, -0.2) is 39.0 Å². The molecule has 1 saturated heterocycles. The third kappa shape index (κ3) is 3.56. The van der Waals surface area contributed by atoms with Crippen LogP contribution in [0.25, 0.3) is 0 Å². The Balaban J connectivity index is 0.00000242. The molecule has 1 aliphatic heterocycles. The van der Waals surface area contributed by atoms with Crippen LogP contribution >= 0.6 is 12.4 Å². The number of rotatable bonds is 3. The van der Waals surface area contributed by atoms with Crippen molar-refractivity contribution in [3.63, 3.8) is 0 Å². The molecule has 126 valence electrons. The lowest BCUT2D eigenvalue weighted by molar-refractivity contribution is 0.155. The van der Waals surface area contributed by atoms with Crippen molar-refractivity contribution < 1.29 is 13.2 Å². The third-order valence-electron chi connectivity index (χ3n) is 4.28. The molecule has 0 saturated carbocycles. The van der Waals surface area contributed by atoms with Crippen LogP contribution in [-0.2, 0) is 10.0 Å². The topological polar surface area (TPSA) is 72.6 Å². The first-order valence-electron chi connectivity index (χ1n) is 7.09. The molecule has 1 unspecified atom stereocenters. The highest BCUT2D eigenvalue weighted by Gasteiger charge is 2.38. The zero-order valence-corrected chi connectivity index (χ0v) is 15.1. The number of ether oxygens (including phenoxy) is 1. The monoisotopic (exact) mass is 348 g/mol. The van der Waals surface area contributed by atoms with Crippen molar-refractivity contribution in [1.82, 2.24) is 4.31 Å². The summed E-state index contributed by atoms with van der Waals surface area (Å²) in [7, 11) is -1.91. The minimum Gasteiger partial charge on any atom is -0.496 e. The van der Waals surface area contributed by atoms with Gasteiger partial charge in [-0.1, -0.05) is 13.8 Å². The number of aryl methyl sites for hydroxylation is 1. The van der Waals surface area contributed by atoms with Crippen LogP contribution in [0.3, 0.4) is 0 Å². The quantitative estimate of drug-likeness (QED) is 0.908. The smallest absolute Gasteiger partial charge is 0.243 e. The van der Waals surface area contributed by atoms with Crippen molar-refractivity contribution in [1.29, 1.82) is 0 Å². The lowest BCUT2D eigenvalue weighted by atomic mass is 9.81. The number of piperidine rings is 1. The van der Waals surface area contributed by atoms with E-state index in [2.05, 4.69) is 0 Å². The molecule has 0 aliphatic carbocycles. The van der Waals surface area contributed by atoms with Gasteiger partial charge in [0, 0.05) is 19.1 Å². The molecule has 1 atom stereocenters. The molecule has 0 spiro atoms. The number of hydrogen-bond acceptors (Lipinski definition) is 4. The van der Waals surface area contributed by atoms with E-state index in [-0.39, 0.29) is 23.9 Å². The Bertz CT molecular complexity index is 632. The minimum atomic E-state index is -3.48. The molecule has 0 radical (unpaired) electrons. The molecule has 1 aliphatic rings. The Hall–Kier alpha value is -0.820. The fraction of sp³-hybridized carbons (Fsp3) is 0.600. The van der Waals surface area contributed by atoms with E-state index >= 15 is 0 Å². The fourth-order valence-corrected chi connectivity index (χ4v) is 4.40. The summed E-state index contributed by atoms with van der Waals surface area (Å²) in [5.41, 5.74) is 6.68. The Morgan fingerprint density at radius 1 is 1.36 bits per heavy atom. The van der Waals surface area contributed by atoms with Crippen molar-refractivity contribution in [2.75, 3.05) is 20.2 Å². The molecule has 0 aromatic heterocycles. The van der Waals surface area contributed by atoms with Gasteiger partial charge in [0.2, 0.25) is 10.0 Å². The number of hydrogen-bond donors (Lipinski definition) is 1. The molecule has 1 fully saturated rings.